The van der Waals surface area contributed by atoms with Crippen LogP contribution in [0.25, 0.3) is 0 Å². The number of hydrogen-bond donors (Lipinski definition) is 0. The third-order valence-corrected chi connectivity index (χ3v) is 14.1. The number of hydrogen-bond acceptors (Lipinski definition) is 4. The Hall–Kier alpha value is -0.970. The molecule has 0 radical (unpaired) electrons. The summed E-state index contributed by atoms with van der Waals surface area (Å²) in [6.07, 6.45) is 20.2. The molecule has 10 aliphatic rings. The zero-order valence-electron chi connectivity index (χ0n) is 21.7. The average molecular weight is 475 g/mol. The van der Waals surface area contributed by atoms with E-state index < -0.39 is 0 Å². The van der Waals surface area contributed by atoms with Gasteiger partial charge in [0, 0.05) is 42.3 Å². The Morgan fingerprint density at radius 1 is 1.09 bits per heavy atom. The van der Waals surface area contributed by atoms with Crippen LogP contribution in [0.2, 0.25) is 0 Å². The van der Waals surface area contributed by atoms with Crippen LogP contribution < -0.4 is 0 Å². The van der Waals surface area contributed by atoms with Crippen molar-refractivity contribution in [3.63, 3.8) is 0 Å². The SMILES string of the molecule is CN1CC[C@@]2(CC3=C[C@@]45CC[C@@H]6[C@@]7(C)CCC[C@@]68[C@@H]4C[C@@H]3CC5C83OCCN3C7)C=CC(=O)C[C@@H]12. The average Bonchev–Trinajstić information content (AvgIpc) is 3.40. The van der Waals surface area contributed by atoms with Crippen LogP contribution in [0.4, 0.5) is 0 Å². The van der Waals surface area contributed by atoms with E-state index in [1.165, 1.54) is 70.9 Å². The van der Waals surface area contributed by atoms with Gasteiger partial charge in [0.25, 0.3) is 0 Å². The van der Waals surface area contributed by atoms with Crippen LogP contribution in [0.1, 0.15) is 71.1 Å². The Morgan fingerprint density at radius 2 is 1.97 bits per heavy atom. The first-order valence-corrected chi connectivity index (χ1v) is 14.9. The molecule has 10 rings (SSSR count). The van der Waals surface area contributed by atoms with Gasteiger partial charge in [-0.05, 0) is 99.6 Å². The molecule has 3 spiro atoms. The standard InChI is InChI=1S/C31H42N2O2/c1-27-6-3-7-30-23(27)5-9-29-18-21(17-28-8-4-22(34)16-26(28)32(2)11-10-28)20(14-24(29)30)15-25(29)31(30)33(19-27)12-13-35-31/h4,8,18,20,23-26H,3,5-7,9-17,19H2,1-2H3/t20-,23-,24-,25?,26-,27+,28-,29+,30+,31?/m1/s1. The molecule has 0 aromatic rings. The number of fused-ring (bicyclic) bond motifs is 1. The molecule has 0 aromatic carbocycles. The second kappa shape index (κ2) is 6.18. The van der Waals surface area contributed by atoms with E-state index in [0.717, 1.165) is 37.3 Å². The fourth-order valence-electron chi connectivity index (χ4n) is 13.3. The van der Waals surface area contributed by atoms with Crippen molar-refractivity contribution in [2.75, 3.05) is 33.3 Å². The number of likely N-dealkylation sites (tertiary alicyclic amines) is 1. The Balaban J connectivity index is 1.18. The van der Waals surface area contributed by atoms with Gasteiger partial charge in [-0.2, -0.15) is 0 Å². The second-order valence-corrected chi connectivity index (χ2v) is 14.9. The van der Waals surface area contributed by atoms with E-state index in [4.69, 9.17) is 4.74 Å². The molecule has 35 heavy (non-hydrogen) atoms. The zero-order valence-corrected chi connectivity index (χ0v) is 21.7. The molecular formula is C31H42N2O2. The molecule has 4 saturated carbocycles. The minimum Gasteiger partial charge on any atom is -0.358 e. The van der Waals surface area contributed by atoms with E-state index in [-0.39, 0.29) is 11.1 Å². The van der Waals surface area contributed by atoms with Crippen molar-refractivity contribution in [1.29, 1.82) is 0 Å². The summed E-state index contributed by atoms with van der Waals surface area (Å²) >= 11 is 0. The van der Waals surface area contributed by atoms with Crippen LogP contribution in [0.3, 0.4) is 0 Å². The molecule has 188 valence electrons. The van der Waals surface area contributed by atoms with Crippen molar-refractivity contribution in [1.82, 2.24) is 9.80 Å². The Labute approximate surface area is 210 Å². The predicted molar refractivity (Wildman–Crippen MR) is 134 cm³/mol. The Morgan fingerprint density at radius 3 is 2.89 bits per heavy atom. The molecule has 10 atom stereocenters. The number of ether oxygens (including phenoxy) is 1. The monoisotopic (exact) mass is 474 g/mol. The quantitative estimate of drug-likeness (QED) is 0.538. The molecule has 4 heteroatoms. The van der Waals surface area contributed by atoms with E-state index in [1.54, 1.807) is 5.57 Å². The molecule has 0 amide bonds. The van der Waals surface area contributed by atoms with Gasteiger partial charge in [-0.3, -0.25) is 9.69 Å². The normalized spacial score (nSPS) is 59.5. The predicted octanol–water partition coefficient (Wildman–Crippen LogP) is 4.81. The number of ketones is 1. The summed E-state index contributed by atoms with van der Waals surface area (Å²) < 4.78 is 7.15. The highest BCUT2D eigenvalue weighted by Crippen LogP contribution is 2.86. The molecule has 7 fully saturated rings. The number of piperidine rings is 1. The lowest BCUT2D eigenvalue weighted by Gasteiger charge is -2.68. The van der Waals surface area contributed by atoms with E-state index in [2.05, 4.69) is 35.9 Å². The number of allylic oxidation sites excluding steroid dienone is 3. The minimum absolute atomic E-state index is 0.0428. The number of carbonyl (C=O) groups is 1. The van der Waals surface area contributed by atoms with Crippen LogP contribution in [-0.4, -0.2) is 60.6 Å². The molecule has 2 unspecified atom stereocenters. The lowest BCUT2D eigenvalue weighted by molar-refractivity contribution is -0.279. The summed E-state index contributed by atoms with van der Waals surface area (Å²) in [5.41, 5.74) is 3.28. The molecule has 3 aliphatic heterocycles. The number of nitrogens with zero attached hydrogens (tertiary/aromatic N) is 2. The topological polar surface area (TPSA) is 32.8 Å². The van der Waals surface area contributed by atoms with Crippen molar-refractivity contribution < 1.29 is 9.53 Å². The van der Waals surface area contributed by atoms with Gasteiger partial charge in [-0.1, -0.05) is 31.1 Å². The van der Waals surface area contributed by atoms with Crippen LogP contribution >= 0.6 is 0 Å². The van der Waals surface area contributed by atoms with E-state index in [9.17, 15) is 4.79 Å². The van der Waals surface area contributed by atoms with Crippen LogP contribution in [-0.2, 0) is 9.53 Å². The van der Waals surface area contributed by atoms with Gasteiger partial charge in [0.15, 0.2) is 5.78 Å². The van der Waals surface area contributed by atoms with Gasteiger partial charge >= 0.3 is 0 Å². The van der Waals surface area contributed by atoms with Gasteiger partial charge < -0.3 is 9.64 Å². The summed E-state index contributed by atoms with van der Waals surface area (Å²) in [7, 11) is 2.25. The first-order valence-electron chi connectivity index (χ1n) is 14.9. The molecule has 3 saturated heterocycles. The maximum absolute atomic E-state index is 12.3. The molecule has 4 nitrogen and oxygen atoms in total. The van der Waals surface area contributed by atoms with Gasteiger partial charge in [0.1, 0.15) is 5.72 Å². The Kier molecular flexibility index (Phi) is 3.71. The lowest BCUT2D eigenvalue weighted by atomic mass is 9.40. The third kappa shape index (κ3) is 2.07. The van der Waals surface area contributed by atoms with Gasteiger partial charge in [0.05, 0.1) is 6.61 Å². The minimum atomic E-state index is 0.0428. The van der Waals surface area contributed by atoms with E-state index in [0.29, 0.717) is 34.0 Å². The summed E-state index contributed by atoms with van der Waals surface area (Å²) in [4.78, 5) is 17.7. The number of rotatable bonds is 2. The zero-order chi connectivity index (χ0) is 23.4. The highest BCUT2D eigenvalue weighted by atomic mass is 16.5. The fraction of sp³-hybridized carbons (Fsp3) is 0.839. The molecule has 6 bridgehead atoms. The summed E-state index contributed by atoms with van der Waals surface area (Å²) in [5.74, 6) is 3.49. The van der Waals surface area contributed by atoms with Crippen molar-refractivity contribution in [2.45, 2.75) is 82.9 Å². The summed E-state index contributed by atoms with van der Waals surface area (Å²) in [6.45, 7) is 7.20. The molecule has 0 N–H and O–H groups in total. The van der Waals surface area contributed by atoms with Gasteiger partial charge in [-0.25, -0.2) is 0 Å². The Bertz CT molecular complexity index is 1100. The fourth-order valence-corrected chi connectivity index (χ4v) is 13.3. The van der Waals surface area contributed by atoms with Crippen LogP contribution in [0.5, 0.6) is 0 Å². The van der Waals surface area contributed by atoms with Crippen molar-refractivity contribution in [2.24, 2.45) is 45.3 Å². The second-order valence-electron chi connectivity index (χ2n) is 14.9. The maximum atomic E-state index is 12.3. The smallest absolute Gasteiger partial charge is 0.156 e. The van der Waals surface area contributed by atoms with Crippen LogP contribution in [0, 0.1) is 45.3 Å². The molecule has 3 heterocycles. The molecular weight excluding hydrogens is 432 g/mol. The first-order chi connectivity index (χ1) is 16.9. The largest absolute Gasteiger partial charge is 0.358 e. The number of carbonyl (C=O) groups excluding carboxylic acids is 1. The van der Waals surface area contributed by atoms with Crippen molar-refractivity contribution in [3.05, 3.63) is 23.8 Å². The van der Waals surface area contributed by atoms with Crippen LogP contribution in [0.15, 0.2) is 23.8 Å². The van der Waals surface area contributed by atoms with Gasteiger partial charge in [0.2, 0.25) is 0 Å². The van der Waals surface area contributed by atoms with E-state index >= 15 is 0 Å². The molecule has 0 aromatic heterocycles. The van der Waals surface area contributed by atoms with Gasteiger partial charge in [-0.15, -0.1) is 0 Å². The maximum Gasteiger partial charge on any atom is 0.156 e. The van der Waals surface area contributed by atoms with Crippen molar-refractivity contribution >= 4 is 5.78 Å². The first kappa shape index (κ1) is 21.0. The van der Waals surface area contributed by atoms with E-state index in [1.807, 2.05) is 6.08 Å². The molecule has 7 aliphatic carbocycles. The highest BCUT2D eigenvalue weighted by Gasteiger charge is 2.86. The third-order valence-electron chi connectivity index (χ3n) is 14.1. The lowest BCUT2D eigenvalue weighted by Crippen LogP contribution is -2.71. The van der Waals surface area contributed by atoms with Crippen molar-refractivity contribution in [3.8, 4) is 0 Å². The summed E-state index contributed by atoms with van der Waals surface area (Å²) in [5, 5.41) is 0. The highest BCUT2D eigenvalue weighted by molar-refractivity contribution is 5.91. The summed E-state index contributed by atoms with van der Waals surface area (Å²) in [6, 6.07) is 0.402.